The van der Waals surface area contributed by atoms with E-state index in [9.17, 15) is 0 Å². The van der Waals surface area contributed by atoms with Gasteiger partial charge < -0.3 is 13.7 Å². The molecule has 9 aromatic rings. The van der Waals surface area contributed by atoms with Gasteiger partial charge in [0.05, 0.1) is 44.5 Å². The second-order valence-electron chi connectivity index (χ2n) is 15.9. The van der Waals surface area contributed by atoms with Gasteiger partial charge in [0.25, 0.3) is 0 Å². The van der Waals surface area contributed by atoms with Crippen molar-refractivity contribution in [2.75, 3.05) is 0 Å². The van der Waals surface area contributed by atoms with E-state index in [1.165, 1.54) is 99.5 Å². The Labute approximate surface area is 303 Å². The minimum Gasteiger partial charge on any atom is -0.309 e. The van der Waals surface area contributed by atoms with Crippen molar-refractivity contribution in [3.63, 3.8) is 0 Å². The van der Waals surface area contributed by atoms with Crippen molar-refractivity contribution in [2.45, 2.75) is 45.4 Å². The highest BCUT2D eigenvalue weighted by molar-refractivity contribution is 6.16. The zero-order chi connectivity index (χ0) is 35.1. The van der Waals surface area contributed by atoms with Gasteiger partial charge >= 0.3 is 0 Å². The van der Waals surface area contributed by atoms with Crippen molar-refractivity contribution in [2.24, 2.45) is 0 Å². The zero-order valence-corrected chi connectivity index (χ0v) is 30.2. The molecular weight excluding hydrogens is 631 g/mol. The summed E-state index contributed by atoms with van der Waals surface area (Å²) in [6.45, 7) is 11.8. The smallest absolute Gasteiger partial charge is 0.0724 e. The summed E-state index contributed by atoms with van der Waals surface area (Å²) in [4.78, 5) is 0. The maximum Gasteiger partial charge on any atom is 0.0724 e. The van der Waals surface area contributed by atoms with Gasteiger partial charge in [0.2, 0.25) is 0 Å². The van der Waals surface area contributed by atoms with Gasteiger partial charge in [-0.15, -0.1) is 0 Å². The SMILES string of the molecule is Cc1cccc(-n2c3ccccc3c3cc4c(cc32)n2c3c(cccc3c3cccc5c3n4-c3ccccc3C5(C)C)C(C)(C)c3ccccc3-2)c1. The molecule has 7 aromatic carbocycles. The van der Waals surface area contributed by atoms with Crippen LogP contribution < -0.4 is 0 Å². The van der Waals surface area contributed by atoms with E-state index < -0.39 is 0 Å². The third kappa shape index (κ3) is 3.65. The van der Waals surface area contributed by atoms with Crippen LogP contribution in [0.25, 0.3) is 71.7 Å². The van der Waals surface area contributed by atoms with Gasteiger partial charge in [0, 0.05) is 38.1 Å². The first-order chi connectivity index (χ1) is 25.2. The molecule has 3 nitrogen and oxygen atoms in total. The maximum atomic E-state index is 2.59. The van der Waals surface area contributed by atoms with E-state index in [1.807, 2.05) is 0 Å². The lowest BCUT2D eigenvalue weighted by molar-refractivity contribution is 0.627. The zero-order valence-electron chi connectivity index (χ0n) is 30.2. The van der Waals surface area contributed by atoms with E-state index in [-0.39, 0.29) is 10.8 Å². The molecule has 0 radical (unpaired) electrons. The Kier molecular flexibility index (Phi) is 5.73. The number of rotatable bonds is 1. The van der Waals surface area contributed by atoms with Gasteiger partial charge in [0.1, 0.15) is 0 Å². The minimum atomic E-state index is -0.196. The van der Waals surface area contributed by atoms with Crippen LogP contribution in [0.15, 0.2) is 146 Å². The molecule has 0 atom stereocenters. The first-order valence-electron chi connectivity index (χ1n) is 18.5. The summed E-state index contributed by atoms with van der Waals surface area (Å²) in [5, 5.41) is 5.04. The van der Waals surface area contributed by atoms with Crippen LogP contribution in [-0.4, -0.2) is 13.7 Å². The van der Waals surface area contributed by atoms with Crippen LogP contribution in [0.5, 0.6) is 0 Å². The summed E-state index contributed by atoms with van der Waals surface area (Å²) in [6.07, 6.45) is 0. The van der Waals surface area contributed by atoms with Crippen molar-refractivity contribution in [3.05, 3.63) is 173 Å². The predicted octanol–water partition coefficient (Wildman–Crippen LogP) is 12.5. The molecule has 2 aromatic heterocycles. The molecule has 0 fully saturated rings. The third-order valence-electron chi connectivity index (χ3n) is 12.3. The molecule has 0 aliphatic carbocycles. The Morgan fingerprint density at radius 1 is 0.365 bits per heavy atom. The molecule has 52 heavy (non-hydrogen) atoms. The van der Waals surface area contributed by atoms with Crippen LogP contribution in [0.4, 0.5) is 0 Å². The van der Waals surface area contributed by atoms with E-state index in [0.717, 1.165) is 0 Å². The Hall–Kier alpha value is -6.06. The summed E-state index contributed by atoms with van der Waals surface area (Å²) in [6, 6.07) is 54.9. The highest BCUT2D eigenvalue weighted by Crippen LogP contribution is 2.50. The molecule has 0 amide bonds. The summed E-state index contributed by atoms with van der Waals surface area (Å²) >= 11 is 0. The second kappa shape index (κ2) is 10.0. The number of para-hydroxylation sites is 5. The van der Waals surface area contributed by atoms with Crippen molar-refractivity contribution < 1.29 is 0 Å². The molecule has 3 heteroatoms. The van der Waals surface area contributed by atoms with Crippen LogP contribution >= 0.6 is 0 Å². The van der Waals surface area contributed by atoms with E-state index in [1.54, 1.807) is 0 Å². The molecule has 0 saturated heterocycles. The largest absolute Gasteiger partial charge is 0.309 e. The Balaban J connectivity index is 1.51. The van der Waals surface area contributed by atoms with E-state index >= 15 is 0 Å². The molecule has 4 heterocycles. The number of aromatic nitrogens is 3. The molecule has 0 bridgehead atoms. The monoisotopic (exact) mass is 669 g/mol. The van der Waals surface area contributed by atoms with Crippen LogP contribution in [0.1, 0.15) is 55.5 Å². The Morgan fingerprint density at radius 2 is 0.865 bits per heavy atom. The standard InChI is InChI=1S/C49H39N3/c1-30-15-12-16-31(27-30)50-40-24-9-6-17-32(40)35-28-44-45(29-43(35)50)52-42-26-11-8-21-37(42)49(4,5)39-23-14-19-34(47(39)52)33-18-13-22-38-46(33)51(44)41-25-10-7-20-36(41)48(38,2)3/h6-29H,1-5H3. The van der Waals surface area contributed by atoms with Gasteiger partial charge in [-0.2, -0.15) is 0 Å². The van der Waals surface area contributed by atoms with E-state index in [0.29, 0.717) is 0 Å². The van der Waals surface area contributed by atoms with Crippen molar-refractivity contribution in [1.29, 1.82) is 0 Å². The van der Waals surface area contributed by atoms with Gasteiger partial charge in [-0.25, -0.2) is 0 Å². The lowest BCUT2D eigenvalue weighted by Gasteiger charge is -2.38. The third-order valence-corrected chi connectivity index (χ3v) is 12.3. The Bertz CT molecular complexity index is 3080. The van der Waals surface area contributed by atoms with Crippen LogP contribution in [0, 0.1) is 6.92 Å². The first kappa shape index (κ1) is 29.6. The topological polar surface area (TPSA) is 14.8 Å². The number of aryl methyl sites for hydroxylation is 1. The molecule has 0 saturated carbocycles. The predicted molar refractivity (Wildman–Crippen MR) is 219 cm³/mol. The van der Waals surface area contributed by atoms with Crippen molar-refractivity contribution in [3.8, 4) is 17.1 Å². The minimum absolute atomic E-state index is 0.191. The van der Waals surface area contributed by atoms with E-state index in [2.05, 4.69) is 194 Å². The fourth-order valence-corrected chi connectivity index (χ4v) is 9.83. The summed E-state index contributed by atoms with van der Waals surface area (Å²) < 4.78 is 7.66. The molecule has 2 aliphatic rings. The Morgan fingerprint density at radius 3 is 1.48 bits per heavy atom. The summed E-state index contributed by atoms with van der Waals surface area (Å²) in [7, 11) is 0. The molecule has 250 valence electrons. The fraction of sp³-hybridized carbons (Fsp3) is 0.143. The van der Waals surface area contributed by atoms with Gasteiger partial charge in [-0.3, -0.25) is 0 Å². The first-order valence-corrected chi connectivity index (χ1v) is 18.5. The number of nitrogens with zero attached hydrogens (tertiary/aromatic N) is 3. The lowest BCUT2D eigenvalue weighted by Crippen LogP contribution is -2.28. The second-order valence-corrected chi connectivity index (χ2v) is 15.9. The average molecular weight is 670 g/mol. The number of fused-ring (bicyclic) bond motifs is 11. The summed E-state index contributed by atoms with van der Waals surface area (Å²) in [5.74, 6) is 0. The molecule has 2 aliphatic heterocycles. The van der Waals surface area contributed by atoms with E-state index in [4.69, 9.17) is 0 Å². The van der Waals surface area contributed by atoms with Gasteiger partial charge in [0.15, 0.2) is 0 Å². The number of benzene rings is 7. The maximum absolute atomic E-state index is 2.59. The normalized spacial score (nSPS) is 14.9. The number of hydrogen-bond donors (Lipinski definition) is 0. The van der Waals surface area contributed by atoms with Crippen LogP contribution in [0.3, 0.4) is 0 Å². The van der Waals surface area contributed by atoms with Crippen molar-refractivity contribution >= 4 is 54.6 Å². The lowest BCUT2D eigenvalue weighted by atomic mass is 9.73. The van der Waals surface area contributed by atoms with Crippen LogP contribution in [-0.2, 0) is 10.8 Å². The molecular formula is C49H39N3. The van der Waals surface area contributed by atoms with Gasteiger partial charge in [-0.1, -0.05) is 131 Å². The van der Waals surface area contributed by atoms with Crippen molar-refractivity contribution in [1.82, 2.24) is 13.7 Å². The van der Waals surface area contributed by atoms with Crippen LogP contribution in [0.2, 0.25) is 0 Å². The highest BCUT2D eigenvalue weighted by atomic mass is 15.1. The highest BCUT2D eigenvalue weighted by Gasteiger charge is 2.37. The fourth-order valence-electron chi connectivity index (χ4n) is 9.83. The molecule has 0 unspecified atom stereocenters. The molecule has 0 spiro atoms. The average Bonchev–Trinajstić information content (AvgIpc) is 3.47. The van der Waals surface area contributed by atoms with Gasteiger partial charge in [-0.05, 0) is 77.2 Å². The number of hydrogen-bond acceptors (Lipinski definition) is 0. The molecule has 11 rings (SSSR count). The quantitative estimate of drug-likeness (QED) is 0.165. The summed E-state index contributed by atoms with van der Waals surface area (Å²) in [5.41, 5.74) is 17.2. The molecule has 0 N–H and O–H groups in total.